The zero-order chi connectivity index (χ0) is 17.9. The number of hydrogen-bond acceptors (Lipinski definition) is 5. The summed E-state index contributed by atoms with van der Waals surface area (Å²) < 4.78 is 26.8. The van der Waals surface area contributed by atoms with Crippen molar-refractivity contribution in [3.63, 3.8) is 0 Å². The number of carboxylic acid groups (broad SMARTS) is 1. The number of phenols is 1. The average Bonchev–Trinajstić information content (AvgIpc) is 2.98. The number of carbonyl (C=O) groups is 1. The fourth-order valence-corrected chi connectivity index (χ4v) is 3.33. The first-order valence-corrected chi connectivity index (χ1v) is 8.57. The van der Waals surface area contributed by atoms with Gasteiger partial charge in [0.15, 0.2) is 0 Å². The molecule has 0 radical (unpaired) electrons. The Bertz CT molecular complexity index is 812. The predicted molar refractivity (Wildman–Crippen MR) is 87.0 cm³/mol. The van der Waals surface area contributed by atoms with Crippen LogP contribution < -0.4 is 0 Å². The van der Waals surface area contributed by atoms with Crippen molar-refractivity contribution in [2.45, 2.75) is 18.8 Å². The van der Waals surface area contributed by atoms with Gasteiger partial charge in [0.1, 0.15) is 11.6 Å². The molecule has 0 bridgehead atoms. The number of benzene rings is 1. The molecule has 0 aliphatic carbocycles. The lowest BCUT2D eigenvalue weighted by Gasteiger charge is -2.19. The lowest BCUT2D eigenvalue weighted by molar-refractivity contribution is -0.137. The number of imidazole rings is 1. The maximum Gasteiger partial charge on any atom is 0.308 e. The van der Waals surface area contributed by atoms with E-state index in [0.29, 0.717) is 0 Å². The molecule has 24 heavy (non-hydrogen) atoms. The van der Waals surface area contributed by atoms with E-state index < -0.39 is 22.1 Å². The molecule has 0 saturated carbocycles. The van der Waals surface area contributed by atoms with Gasteiger partial charge in [-0.2, -0.15) is 12.7 Å². The van der Waals surface area contributed by atoms with Gasteiger partial charge >= 0.3 is 16.2 Å². The molecular formula is C15H19N3O5S. The Kier molecular flexibility index (Phi) is 5.25. The van der Waals surface area contributed by atoms with Crippen molar-refractivity contribution in [3.05, 3.63) is 48.0 Å². The summed E-state index contributed by atoms with van der Waals surface area (Å²) in [4.78, 5) is 15.3. The van der Waals surface area contributed by atoms with Gasteiger partial charge in [-0.05, 0) is 24.1 Å². The summed E-state index contributed by atoms with van der Waals surface area (Å²) in [6, 6.07) is 6.32. The van der Waals surface area contributed by atoms with Crippen LogP contribution in [0.5, 0.6) is 5.75 Å². The van der Waals surface area contributed by atoms with Crippen LogP contribution in [-0.4, -0.2) is 52.0 Å². The monoisotopic (exact) mass is 353 g/mol. The number of aliphatic carboxylic acids is 1. The zero-order valence-electron chi connectivity index (χ0n) is 13.3. The Hall–Kier alpha value is -2.39. The van der Waals surface area contributed by atoms with E-state index in [1.165, 1.54) is 38.6 Å². The largest absolute Gasteiger partial charge is 0.508 e. The molecule has 0 fully saturated rings. The molecular weight excluding hydrogens is 334 g/mol. The third-order valence-corrected chi connectivity index (χ3v) is 5.28. The van der Waals surface area contributed by atoms with E-state index in [-0.39, 0.29) is 24.4 Å². The second-order valence-corrected chi connectivity index (χ2v) is 7.56. The molecule has 1 atom stereocenters. The van der Waals surface area contributed by atoms with Crippen molar-refractivity contribution < 1.29 is 23.4 Å². The Morgan fingerprint density at radius 1 is 1.29 bits per heavy atom. The molecule has 2 aromatic rings. The van der Waals surface area contributed by atoms with E-state index in [9.17, 15) is 23.4 Å². The number of phenolic OH excluding ortho intramolecular Hbond substituents is 1. The van der Waals surface area contributed by atoms with Gasteiger partial charge in [0, 0.05) is 32.4 Å². The molecule has 0 aliphatic heterocycles. The standard InChI is InChI=1S/C15H19N3O5S/c1-17(2)24(22,23)18-8-7-16-15(18)12(10-14(20)21)9-11-3-5-13(19)6-4-11/h3-8,12,19H,9-10H2,1-2H3,(H,20,21). The average molecular weight is 353 g/mol. The van der Waals surface area contributed by atoms with Gasteiger partial charge < -0.3 is 10.2 Å². The van der Waals surface area contributed by atoms with Crippen molar-refractivity contribution >= 4 is 16.2 Å². The van der Waals surface area contributed by atoms with E-state index in [1.54, 1.807) is 12.1 Å². The summed E-state index contributed by atoms with van der Waals surface area (Å²) in [7, 11) is -1.00. The van der Waals surface area contributed by atoms with Crippen LogP contribution in [-0.2, 0) is 21.4 Å². The summed E-state index contributed by atoms with van der Waals surface area (Å²) in [6.07, 6.45) is 2.66. The maximum absolute atomic E-state index is 12.4. The van der Waals surface area contributed by atoms with Crippen LogP contribution in [0.25, 0.3) is 0 Å². The van der Waals surface area contributed by atoms with Crippen molar-refractivity contribution in [2.75, 3.05) is 14.1 Å². The highest BCUT2D eigenvalue weighted by atomic mass is 32.2. The normalized spacial score (nSPS) is 13.1. The molecule has 1 heterocycles. The van der Waals surface area contributed by atoms with E-state index >= 15 is 0 Å². The summed E-state index contributed by atoms with van der Waals surface area (Å²) in [6.45, 7) is 0. The van der Waals surface area contributed by atoms with Crippen LogP contribution in [0.3, 0.4) is 0 Å². The molecule has 130 valence electrons. The number of carboxylic acids is 1. The molecule has 1 aromatic carbocycles. The summed E-state index contributed by atoms with van der Waals surface area (Å²) in [5.74, 6) is -1.41. The van der Waals surface area contributed by atoms with Crippen molar-refractivity contribution in [3.8, 4) is 5.75 Å². The SMILES string of the molecule is CN(C)S(=O)(=O)n1ccnc1C(CC(=O)O)Cc1ccc(O)cc1. The van der Waals surface area contributed by atoms with Gasteiger partial charge in [-0.1, -0.05) is 12.1 Å². The van der Waals surface area contributed by atoms with Crippen molar-refractivity contribution in [2.24, 2.45) is 0 Å². The van der Waals surface area contributed by atoms with Crippen LogP contribution in [0, 0.1) is 0 Å². The van der Waals surface area contributed by atoms with E-state index in [1.807, 2.05) is 0 Å². The molecule has 0 spiro atoms. The molecule has 2 rings (SSSR count). The van der Waals surface area contributed by atoms with Crippen LogP contribution in [0.4, 0.5) is 0 Å². The Balaban J connectivity index is 2.41. The molecule has 0 aliphatic rings. The summed E-state index contributed by atoms with van der Waals surface area (Å²) in [5.41, 5.74) is 0.774. The van der Waals surface area contributed by atoms with Gasteiger partial charge in [-0.15, -0.1) is 0 Å². The minimum atomic E-state index is -3.79. The third-order valence-electron chi connectivity index (χ3n) is 3.55. The molecule has 8 nitrogen and oxygen atoms in total. The first-order chi connectivity index (χ1) is 11.2. The highest BCUT2D eigenvalue weighted by Crippen LogP contribution is 2.25. The zero-order valence-corrected chi connectivity index (χ0v) is 14.1. The van der Waals surface area contributed by atoms with Crippen LogP contribution in [0.15, 0.2) is 36.7 Å². The minimum absolute atomic E-state index is 0.102. The quantitative estimate of drug-likeness (QED) is 0.769. The fraction of sp³-hybridized carbons (Fsp3) is 0.333. The highest BCUT2D eigenvalue weighted by molar-refractivity contribution is 7.87. The van der Waals surface area contributed by atoms with Crippen LogP contribution >= 0.6 is 0 Å². The molecule has 2 N–H and O–H groups in total. The lowest BCUT2D eigenvalue weighted by atomic mass is 9.95. The number of hydrogen-bond donors (Lipinski definition) is 2. The lowest BCUT2D eigenvalue weighted by Crippen LogP contribution is -2.31. The van der Waals surface area contributed by atoms with Gasteiger partial charge in [-0.3, -0.25) is 4.79 Å². The second-order valence-electron chi connectivity index (χ2n) is 5.54. The van der Waals surface area contributed by atoms with Crippen LogP contribution in [0.1, 0.15) is 23.7 Å². The smallest absolute Gasteiger partial charge is 0.308 e. The van der Waals surface area contributed by atoms with Crippen LogP contribution in [0.2, 0.25) is 0 Å². The van der Waals surface area contributed by atoms with Gasteiger partial charge in [0.05, 0.1) is 6.42 Å². The minimum Gasteiger partial charge on any atom is -0.508 e. The number of rotatable bonds is 7. The first kappa shape index (κ1) is 18.0. The van der Waals surface area contributed by atoms with E-state index in [0.717, 1.165) is 13.8 Å². The van der Waals surface area contributed by atoms with Gasteiger partial charge in [0.2, 0.25) is 0 Å². The molecule has 9 heteroatoms. The van der Waals surface area contributed by atoms with Crippen molar-refractivity contribution in [1.82, 2.24) is 13.3 Å². The number of nitrogens with zero attached hydrogens (tertiary/aromatic N) is 3. The fourth-order valence-electron chi connectivity index (χ4n) is 2.34. The summed E-state index contributed by atoms with van der Waals surface area (Å²) >= 11 is 0. The predicted octanol–water partition coefficient (Wildman–Crippen LogP) is 1.04. The van der Waals surface area contributed by atoms with E-state index in [4.69, 9.17) is 0 Å². The van der Waals surface area contributed by atoms with E-state index in [2.05, 4.69) is 4.98 Å². The topological polar surface area (TPSA) is 113 Å². The van der Waals surface area contributed by atoms with Gasteiger partial charge in [0.25, 0.3) is 0 Å². The molecule has 0 saturated heterocycles. The molecule has 0 amide bonds. The van der Waals surface area contributed by atoms with Crippen molar-refractivity contribution in [1.29, 1.82) is 0 Å². The Morgan fingerprint density at radius 3 is 2.46 bits per heavy atom. The molecule has 1 unspecified atom stereocenters. The first-order valence-electron chi connectivity index (χ1n) is 7.17. The summed E-state index contributed by atoms with van der Waals surface area (Å²) in [5, 5.41) is 18.5. The Morgan fingerprint density at radius 2 is 1.92 bits per heavy atom. The third kappa shape index (κ3) is 3.92. The number of aromatic nitrogens is 2. The number of aromatic hydroxyl groups is 1. The second kappa shape index (κ2) is 7.02. The Labute approximate surface area is 140 Å². The maximum atomic E-state index is 12.4. The molecule has 1 aromatic heterocycles. The van der Waals surface area contributed by atoms with Gasteiger partial charge in [-0.25, -0.2) is 8.96 Å². The highest BCUT2D eigenvalue weighted by Gasteiger charge is 2.27.